The van der Waals surface area contributed by atoms with Gasteiger partial charge in [-0.25, -0.2) is 4.98 Å². The first kappa shape index (κ1) is 16.8. The van der Waals surface area contributed by atoms with Crippen LogP contribution in [0.1, 0.15) is 42.7 Å². The molecule has 0 bridgehead atoms. The van der Waals surface area contributed by atoms with Crippen LogP contribution in [0.5, 0.6) is 0 Å². The van der Waals surface area contributed by atoms with E-state index in [0.717, 1.165) is 69.6 Å². The Labute approximate surface area is 149 Å². The molecule has 0 spiro atoms. The number of ether oxygens (including phenoxy) is 1. The average Bonchev–Trinajstić information content (AvgIpc) is 3.27. The van der Waals surface area contributed by atoms with Crippen molar-refractivity contribution in [3.63, 3.8) is 0 Å². The molecule has 2 aliphatic heterocycles. The van der Waals surface area contributed by atoms with Crippen molar-refractivity contribution in [2.75, 3.05) is 32.8 Å². The first-order chi connectivity index (χ1) is 12.3. The molecule has 2 fully saturated rings. The zero-order chi connectivity index (χ0) is 17.1. The lowest BCUT2D eigenvalue weighted by Gasteiger charge is -2.34. The molecule has 0 N–H and O–H groups in total. The van der Waals surface area contributed by atoms with E-state index in [1.807, 2.05) is 12.4 Å². The zero-order valence-electron chi connectivity index (χ0n) is 15.1. The molecule has 0 saturated carbocycles. The van der Waals surface area contributed by atoms with E-state index in [9.17, 15) is 0 Å². The van der Waals surface area contributed by atoms with Crippen molar-refractivity contribution in [3.8, 4) is 0 Å². The minimum atomic E-state index is 0.164. The Morgan fingerprint density at radius 2 is 1.88 bits per heavy atom. The summed E-state index contributed by atoms with van der Waals surface area (Å²) >= 11 is 0. The van der Waals surface area contributed by atoms with Crippen LogP contribution in [-0.4, -0.2) is 52.1 Å². The van der Waals surface area contributed by atoms with Crippen molar-refractivity contribution in [1.82, 2.24) is 19.4 Å². The van der Waals surface area contributed by atoms with Crippen LogP contribution < -0.4 is 0 Å². The quantitative estimate of drug-likeness (QED) is 0.834. The van der Waals surface area contributed by atoms with Gasteiger partial charge in [0.25, 0.3) is 0 Å². The number of imidazole rings is 1. The molecule has 25 heavy (non-hydrogen) atoms. The number of piperazine rings is 1. The Balaban J connectivity index is 1.26. The third-order valence-corrected chi connectivity index (χ3v) is 5.31. The highest BCUT2D eigenvalue weighted by molar-refractivity contribution is 5.10. The molecule has 1 atom stereocenters. The van der Waals surface area contributed by atoms with E-state index in [2.05, 4.69) is 38.5 Å². The molecule has 2 aromatic rings. The summed E-state index contributed by atoms with van der Waals surface area (Å²) in [6.45, 7) is 6.97. The Morgan fingerprint density at radius 3 is 2.56 bits per heavy atom. The maximum absolute atomic E-state index is 6.06. The van der Waals surface area contributed by atoms with E-state index in [-0.39, 0.29) is 6.10 Å². The summed E-state index contributed by atoms with van der Waals surface area (Å²) in [6, 6.07) is 4.22. The van der Waals surface area contributed by atoms with Crippen LogP contribution in [0.4, 0.5) is 0 Å². The van der Waals surface area contributed by atoms with Gasteiger partial charge in [0.15, 0.2) is 0 Å². The second-order valence-corrected chi connectivity index (χ2v) is 7.17. The monoisotopic (exact) mass is 344 g/mol. The highest BCUT2D eigenvalue weighted by Crippen LogP contribution is 2.29. The first-order valence-electron chi connectivity index (χ1n) is 9.39. The normalized spacial score (nSPS) is 23.2. The fourth-order valence-corrected chi connectivity index (χ4v) is 3.69. The molecular weight excluding hydrogens is 316 g/mol. The standard InChI is InChI=1S/C19H28N4O2/c1-21-8-7-20-19(21)15-23-11-9-22(10-12-23)14-16-5-6-18(25-16)17-4-2-3-13-24-17/h5-8,17H,2-4,9-15H2,1H3/t17-/m1/s1. The summed E-state index contributed by atoms with van der Waals surface area (Å²) in [5, 5.41) is 0. The lowest BCUT2D eigenvalue weighted by Crippen LogP contribution is -2.45. The Kier molecular flexibility index (Phi) is 5.20. The second kappa shape index (κ2) is 7.72. The number of rotatable bonds is 5. The van der Waals surface area contributed by atoms with Crippen molar-refractivity contribution in [3.05, 3.63) is 41.9 Å². The van der Waals surface area contributed by atoms with Gasteiger partial charge in [-0.15, -0.1) is 0 Å². The fourth-order valence-electron chi connectivity index (χ4n) is 3.69. The molecule has 0 aliphatic carbocycles. The number of aromatic nitrogens is 2. The van der Waals surface area contributed by atoms with Crippen molar-refractivity contribution in [2.24, 2.45) is 7.05 Å². The predicted molar refractivity (Wildman–Crippen MR) is 95.0 cm³/mol. The Morgan fingerprint density at radius 1 is 1.08 bits per heavy atom. The predicted octanol–water partition coefficient (Wildman–Crippen LogP) is 2.57. The Hall–Kier alpha value is -1.63. The molecule has 2 aliphatic rings. The van der Waals surface area contributed by atoms with Gasteiger partial charge in [0.05, 0.1) is 13.1 Å². The number of hydrogen-bond acceptors (Lipinski definition) is 5. The summed E-state index contributed by atoms with van der Waals surface area (Å²) in [5.41, 5.74) is 0. The van der Waals surface area contributed by atoms with Crippen molar-refractivity contribution >= 4 is 0 Å². The third-order valence-electron chi connectivity index (χ3n) is 5.31. The van der Waals surface area contributed by atoms with Gasteiger partial charge in [-0.1, -0.05) is 0 Å². The van der Waals surface area contributed by atoms with Crippen LogP contribution in [0.3, 0.4) is 0 Å². The van der Waals surface area contributed by atoms with Crippen LogP contribution in [0.25, 0.3) is 0 Å². The molecule has 4 heterocycles. The van der Waals surface area contributed by atoms with Crippen molar-refractivity contribution in [2.45, 2.75) is 38.5 Å². The van der Waals surface area contributed by atoms with Crippen molar-refractivity contribution < 1.29 is 9.15 Å². The van der Waals surface area contributed by atoms with E-state index >= 15 is 0 Å². The summed E-state index contributed by atoms with van der Waals surface area (Å²) in [5.74, 6) is 3.20. The zero-order valence-corrected chi connectivity index (χ0v) is 15.1. The van der Waals surface area contributed by atoms with Crippen molar-refractivity contribution in [1.29, 1.82) is 0 Å². The van der Waals surface area contributed by atoms with E-state index in [1.165, 1.54) is 12.8 Å². The highest BCUT2D eigenvalue weighted by Gasteiger charge is 2.22. The lowest BCUT2D eigenvalue weighted by molar-refractivity contribution is 0.000624. The van der Waals surface area contributed by atoms with E-state index in [0.29, 0.717) is 0 Å². The minimum Gasteiger partial charge on any atom is -0.462 e. The van der Waals surface area contributed by atoms with Gasteiger partial charge in [0, 0.05) is 52.2 Å². The summed E-state index contributed by atoms with van der Waals surface area (Å²) in [7, 11) is 2.06. The van der Waals surface area contributed by atoms with Gasteiger partial charge >= 0.3 is 0 Å². The molecule has 0 unspecified atom stereocenters. The van der Waals surface area contributed by atoms with Crippen LogP contribution in [0.15, 0.2) is 28.9 Å². The van der Waals surface area contributed by atoms with Crippen LogP contribution in [0, 0.1) is 0 Å². The second-order valence-electron chi connectivity index (χ2n) is 7.17. The van der Waals surface area contributed by atoms with Crippen LogP contribution in [-0.2, 0) is 24.9 Å². The smallest absolute Gasteiger partial charge is 0.133 e. The molecule has 0 aromatic carbocycles. The maximum atomic E-state index is 6.06. The first-order valence-corrected chi connectivity index (χ1v) is 9.39. The van der Waals surface area contributed by atoms with Gasteiger partial charge in [-0.05, 0) is 31.4 Å². The topological polar surface area (TPSA) is 46.7 Å². The molecule has 0 radical (unpaired) electrons. The van der Waals surface area contributed by atoms with Gasteiger partial charge < -0.3 is 13.7 Å². The SMILES string of the molecule is Cn1ccnc1CN1CCN(Cc2ccc([C@H]3CCCCO3)o2)CC1. The molecule has 6 heteroatoms. The molecule has 4 rings (SSSR count). The number of furan rings is 1. The van der Waals surface area contributed by atoms with Gasteiger partial charge in [-0.3, -0.25) is 9.80 Å². The molecule has 2 saturated heterocycles. The van der Waals surface area contributed by atoms with E-state index < -0.39 is 0 Å². The average molecular weight is 344 g/mol. The highest BCUT2D eigenvalue weighted by atomic mass is 16.5. The summed E-state index contributed by atoms with van der Waals surface area (Å²) in [6.07, 6.45) is 7.54. The van der Waals surface area contributed by atoms with Crippen LogP contribution in [0.2, 0.25) is 0 Å². The Bertz CT molecular complexity index is 667. The summed E-state index contributed by atoms with van der Waals surface area (Å²) in [4.78, 5) is 9.37. The number of hydrogen-bond donors (Lipinski definition) is 0. The maximum Gasteiger partial charge on any atom is 0.133 e. The van der Waals surface area contributed by atoms with Gasteiger partial charge in [-0.2, -0.15) is 0 Å². The molecule has 136 valence electrons. The summed E-state index contributed by atoms with van der Waals surface area (Å²) < 4.78 is 14.0. The largest absolute Gasteiger partial charge is 0.462 e. The molecular formula is C19H28N4O2. The van der Waals surface area contributed by atoms with Gasteiger partial charge in [0.1, 0.15) is 23.4 Å². The lowest BCUT2D eigenvalue weighted by atomic mass is 10.1. The fraction of sp³-hybridized carbons (Fsp3) is 0.632. The van der Waals surface area contributed by atoms with Gasteiger partial charge in [0.2, 0.25) is 0 Å². The van der Waals surface area contributed by atoms with E-state index in [4.69, 9.17) is 9.15 Å². The van der Waals surface area contributed by atoms with Crippen LogP contribution >= 0.6 is 0 Å². The minimum absolute atomic E-state index is 0.164. The van der Waals surface area contributed by atoms with E-state index in [1.54, 1.807) is 0 Å². The number of aryl methyl sites for hydroxylation is 1. The molecule has 6 nitrogen and oxygen atoms in total. The number of nitrogens with zero attached hydrogens (tertiary/aromatic N) is 4. The molecule has 0 amide bonds. The third kappa shape index (κ3) is 4.14. The molecule has 2 aromatic heterocycles.